The molecule has 0 saturated heterocycles. The topological polar surface area (TPSA) is 49.4 Å². The Kier molecular flexibility index (Phi) is 9.53. The molecule has 1 heterocycles. The van der Waals surface area contributed by atoms with Crippen LogP contribution in [0.5, 0.6) is 11.5 Å². The molecule has 0 aromatic heterocycles. The largest absolute Gasteiger partial charge is 0.496 e. The second-order valence-corrected chi connectivity index (χ2v) is 8.54. The first-order valence-corrected chi connectivity index (χ1v) is 11.9. The molecule has 2 aromatic rings. The summed E-state index contributed by atoms with van der Waals surface area (Å²) >= 11 is 1.65. The first kappa shape index (κ1) is 24.7. The minimum atomic E-state index is -0.573. The van der Waals surface area contributed by atoms with Crippen molar-refractivity contribution in [3.05, 3.63) is 35.9 Å². The molecule has 0 amide bonds. The van der Waals surface area contributed by atoms with Crippen molar-refractivity contribution in [3.8, 4) is 11.5 Å². The molecule has 2 aromatic carbocycles. The fourth-order valence-electron chi connectivity index (χ4n) is 3.83. The Morgan fingerprint density at radius 1 is 0.938 bits per heavy atom. The highest BCUT2D eigenvalue weighted by atomic mass is 32.2. The fraction of sp³-hybridized carbons (Fsp3) is 0.520. The van der Waals surface area contributed by atoms with Gasteiger partial charge in [0.05, 0.1) is 44.4 Å². The van der Waals surface area contributed by atoms with Crippen molar-refractivity contribution in [2.24, 2.45) is 0 Å². The van der Waals surface area contributed by atoms with E-state index in [1.165, 1.54) is 19.3 Å². The van der Waals surface area contributed by atoms with Crippen molar-refractivity contribution in [2.75, 3.05) is 53.1 Å². The number of anilines is 2. The molecule has 1 atom stereocenters. The maximum absolute atomic E-state index is 6.01. The lowest BCUT2D eigenvalue weighted by Crippen LogP contribution is -2.24. The van der Waals surface area contributed by atoms with Gasteiger partial charge in [0.2, 0.25) is 0 Å². The van der Waals surface area contributed by atoms with Gasteiger partial charge in [0, 0.05) is 36.6 Å². The second-order valence-electron chi connectivity index (χ2n) is 7.52. The van der Waals surface area contributed by atoms with Crippen LogP contribution in [0.2, 0.25) is 0 Å². The van der Waals surface area contributed by atoms with Gasteiger partial charge in [0.25, 0.3) is 0 Å². The van der Waals surface area contributed by atoms with Crippen LogP contribution in [0.4, 0.5) is 11.4 Å². The molecule has 3 rings (SSSR count). The highest BCUT2D eigenvalue weighted by Crippen LogP contribution is 2.53. The molecule has 7 heteroatoms. The van der Waals surface area contributed by atoms with Crippen molar-refractivity contribution >= 4 is 23.1 Å². The number of unbranched alkanes of at least 4 members (excludes halogenated alkanes) is 3. The number of fused-ring (bicyclic) bond motifs is 2. The summed E-state index contributed by atoms with van der Waals surface area (Å²) in [5.74, 6) is 1.45. The quantitative estimate of drug-likeness (QED) is 0.269. The van der Waals surface area contributed by atoms with E-state index in [2.05, 4.69) is 30.0 Å². The zero-order valence-corrected chi connectivity index (χ0v) is 20.5. The van der Waals surface area contributed by atoms with Crippen LogP contribution in [0.15, 0.2) is 34.1 Å². The summed E-state index contributed by atoms with van der Waals surface area (Å²) in [6.07, 6.45) is 4.20. The number of methoxy groups -OCH3 is 4. The van der Waals surface area contributed by atoms with Crippen molar-refractivity contribution in [2.45, 2.75) is 48.7 Å². The number of hydrogen-bond acceptors (Lipinski definition) is 7. The van der Waals surface area contributed by atoms with Gasteiger partial charge in [0.15, 0.2) is 6.29 Å². The summed E-state index contributed by atoms with van der Waals surface area (Å²) in [6.45, 7) is 4.07. The van der Waals surface area contributed by atoms with Crippen LogP contribution in [-0.2, 0) is 14.2 Å². The highest BCUT2D eigenvalue weighted by molar-refractivity contribution is 7.99. The molecule has 0 bridgehead atoms. The van der Waals surface area contributed by atoms with Gasteiger partial charge in [-0.25, -0.2) is 0 Å². The van der Waals surface area contributed by atoms with Crippen LogP contribution in [0.3, 0.4) is 0 Å². The normalized spacial score (nSPS) is 13.5. The Labute approximate surface area is 196 Å². The van der Waals surface area contributed by atoms with Gasteiger partial charge < -0.3 is 28.6 Å². The summed E-state index contributed by atoms with van der Waals surface area (Å²) in [5.41, 5.74) is 3.16. The third kappa shape index (κ3) is 5.52. The van der Waals surface area contributed by atoms with Crippen LogP contribution in [0.25, 0.3) is 0 Å². The van der Waals surface area contributed by atoms with Crippen LogP contribution in [0.1, 0.15) is 44.5 Å². The summed E-state index contributed by atoms with van der Waals surface area (Å²) in [5, 5.41) is 0. The Morgan fingerprint density at radius 2 is 1.75 bits per heavy atom. The van der Waals surface area contributed by atoms with Gasteiger partial charge in [-0.2, -0.15) is 0 Å². The van der Waals surface area contributed by atoms with Crippen molar-refractivity contribution in [1.29, 1.82) is 0 Å². The van der Waals surface area contributed by atoms with Crippen molar-refractivity contribution < 1.29 is 23.7 Å². The molecule has 0 N–H and O–H groups in total. The molecule has 175 valence electrons. The SMILES string of the molecule is CCCCCCN1c2ccc(OC)[c]c2Sc2c1ccc(OC)c2C(OC)OCCOC. The molecule has 32 heavy (non-hydrogen) atoms. The van der Waals surface area contributed by atoms with Crippen molar-refractivity contribution in [1.82, 2.24) is 0 Å². The van der Waals surface area contributed by atoms with Crippen molar-refractivity contribution in [3.63, 3.8) is 0 Å². The zero-order chi connectivity index (χ0) is 22.9. The van der Waals surface area contributed by atoms with Gasteiger partial charge in [-0.3, -0.25) is 0 Å². The van der Waals surface area contributed by atoms with E-state index in [4.69, 9.17) is 23.7 Å². The molecular weight excluding hydrogens is 426 g/mol. The predicted octanol–water partition coefficient (Wildman–Crippen LogP) is 5.99. The standard InChI is InChI=1S/C25H34NO5S/c1-6-7-8-9-14-26-19-11-10-18(28-3)17-22(19)32-24-20(26)12-13-21(29-4)23(24)25(30-5)31-16-15-27-2/h10-13,25H,6-9,14-16H2,1-5H3. The molecule has 0 spiro atoms. The first-order valence-electron chi connectivity index (χ1n) is 11.1. The Morgan fingerprint density at radius 3 is 2.44 bits per heavy atom. The molecule has 1 unspecified atom stereocenters. The monoisotopic (exact) mass is 460 g/mol. The molecule has 1 aliphatic rings. The van der Waals surface area contributed by atoms with E-state index in [1.807, 2.05) is 12.1 Å². The highest BCUT2D eigenvalue weighted by Gasteiger charge is 2.31. The minimum absolute atomic E-state index is 0.420. The Hall–Kier alpha value is -1.93. The molecule has 0 saturated carbocycles. The lowest BCUT2D eigenvalue weighted by atomic mass is 10.1. The van der Waals surface area contributed by atoms with Gasteiger partial charge in [-0.05, 0) is 30.7 Å². The second kappa shape index (κ2) is 12.3. The fourth-order valence-corrected chi connectivity index (χ4v) is 5.05. The van der Waals surface area contributed by atoms with Crippen LogP contribution in [-0.4, -0.2) is 48.2 Å². The Bertz CT molecular complexity index is 876. The molecule has 1 radical (unpaired) electrons. The number of rotatable bonds is 13. The van der Waals surface area contributed by atoms with E-state index in [0.717, 1.165) is 51.2 Å². The number of nitrogens with zero attached hydrogens (tertiary/aromatic N) is 1. The maximum Gasteiger partial charge on any atom is 0.188 e. The van der Waals surface area contributed by atoms with E-state index < -0.39 is 6.29 Å². The third-order valence-electron chi connectivity index (χ3n) is 5.46. The van der Waals surface area contributed by atoms with Crippen LogP contribution >= 0.6 is 11.8 Å². The molecule has 0 aliphatic carbocycles. The molecule has 0 fully saturated rings. The predicted molar refractivity (Wildman–Crippen MR) is 128 cm³/mol. The van der Waals surface area contributed by atoms with E-state index in [-0.39, 0.29) is 0 Å². The summed E-state index contributed by atoms with van der Waals surface area (Å²) in [7, 11) is 6.64. The zero-order valence-electron chi connectivity index (χ0n) is 19.7. The number of ether oxygens (including phenoxy) is 5. The Balaban J connectivity index is 2.05. The third-order valence-corrected chi connectivity index (χ3v) is 6.61. The van der Waals surface area contributed by atoms with E-state index in [9.17, 15) is 0 Å². The average molecular weight is 461 g/mol. The van der Waals surface area contributed by atoms with Crippen LogP contribution in [0, 0.1) is 6.07 Å². The maximum atomic E-state index is 6.01. The number of benzene rings is 2. The summed E-state index contributed by atoms with van der Waals surface area (Å²) < 4.78 is 28.1. The smallest absolute Gasteiger partial charge is 0.188 e. The van der Waals surface area contributed by atoms with Gasteiger partial charge in [-0.15, -0.1) is 0 Å². The first-order chi connectivity index (χ1) is 15.7. The molecule has 6 nitrogen and oxygen atoms in total. The van der Waals surface area contributed by atoms with E-state index in [1.54, 1.807) is 40.2 Å². The number of hydrogen-bond donors (Lipinski definition) is 0. The molecule has 1 aliphatic heterocycles. The lowest BCUT2D eigenvalue weighted by Gasteiger charge is -2.35. The van der Waals surface area contributed by atoms with E-state index in [0.29, 0.717) is 13.2 Å². The summed E-state index contributed by atoms with van der Waals surface area (Å²) in [4.78, 5) is 4.45. The molecular formula is C25H34NO5S. The van der Waals surface area contributed by atoms with Gasteiger partial charge in [0.1, 0.15) is 11.5 Å². The summed E-state index contributed by atoms with van der Waals surface area (Å²) in [6, 6.07) is 11.6. The minimum Gasteiger partial charge on any atom is -0.496 e. The van der Waals surface area contributed by atoms with Gasteiger partial charge >= 0.3 is 0 Å². The van der Waals surface area contributed by atoms with Crippen LogP contribution < -0.4 is 14.4 Å². The average Bonchev–Trinajstić information content (AvgIpc) is 2.83. The van der Waals surface area contributed by atoms with E-state index >= 15 is 0 Å². The van der Waals surface area contributed by atoms with Gasteiger partial charge in [-0.1, -0.05) is 37.9 Å². The lowest BCUT2D eigenvalue weighted by molar-refractivity contribution is -0.137.